The SMILES string of the molecule is CCCNC(=O)CNC(=O)[C@H]1NCCO[C@@H]1C. The molecule has 98 valence electrons. The Balaban J connectivity index is 2.26. The van der Waals surface area contributed by atoms with Crippen LogP contribution in [0.25, 0.3) is 0 Å². The van der Waals surface area contributed by atoms with Crippen LogP contribution in [-0.2, 0) is 14.3 Å². The minimum Gasteiger partial charge on any atom is -0.375 e. The topological polar surface area (TPSA) is 79.5 Å². The Kier molecular flexibility index (Phi) is 5.93. The van der Waals surface area contributed by atoms with Gasteiger partial charge in [-0.05, 0) is 13.3 Å². The van der Waals surface area contributed by atoms with E-state index >= 15 is 0 Å². The summed E-state index contributed by atoms with van der Waals surface area (Å²) in [5, 5.41) is 8.36. The molecule has 1 heterocycles. The summed E-state index contributed by atoms with van der Waals surface area (Å²) in [6.07, 6.45) is 0.719. The van der Waals surface area contributed by atoms with Gasteiger partial charge in [0.15, 0.2) is 0 Å². The Labute approximate surface area is 101 Å². The zero-order chi connectivity index (χ0) is 12.7. The van der Waals surface area contributed by atoms with Crippen LogP contribution in [0, 0.1) is 0 Å². The maximum Gasteiger partial charge on any atom is 0.240 e. The van der Waals surface area contributed by atoms with Crippen LogP contribution in [0.2, 0.25) is 0 Å². The van der Waals surface area contributed by atoms with E-state index in [9.17, 15) is 9.59 Å². The van der Waals surface area contributed by atoms with E-state index < -0.39 is 0 Å². The van der Waals surface area contributed by atoms with E-state index in [2.05, 4.69) is 16.0 Å². The van der Waals surface area contributed by atoms with Crippen LogP contribution in [0.4, 0.5) is 0 Å². The second-order valence-electron chi connectivity index (χ2n) is 4.08. The third-order valence-corrected chi connectivity index (χ3v) is 2.59. The van der Waals surface area contributed by atoms with Crippen molar-refractivity contribution in [1.82, 2.24) is 16.0 Å². The van der Waals surface area contributed by atoms with Gasteiger partial charge >= 0.3 is 0 Å². The van der Waals surface area contributed by atoms with Crippen molar-refractivity contribution >= 4 is 11.8 Å². The van der Waals surface area contributed by atoms with Crippen molar-refractivity contribution < 1.29 is 14.3 Å². The molecule has 0 bridgehead atoms. The summed E-state index contributed by atoms with van der Waals surface area (Å²) in [7, 11) is 0. The first-order chi connectivity index (χ1) is 8.15. The molecule has 0 aromatic rings. The fraction of sp³-hybridized carbons (Fsp3) is 0.818. The van der Waals surface area contributed by atoms with Gasteiger partial charge in [-0.1, -0.05) is 6.92 Å². The molecule has 0 radical (unpaired) electrons. The van der Waals surface area contributed by atoms with E-state index in [-0.39, 0.29) is 30.5 Å². The largest absolute Gasteiger partial charge is 0.375 e. The van der Waals surface area contributed by atoms with E-state index in [1.807, 2.05) is 13.8 Å². The molecular weight excluding hydrogens is 222 g/mol. The third-order valence-electron chi connectivity index (χ3n) is 2.59. The minimum atomic E-state index is -0.372. The van der Waals surface area contributed by atoms with Crippen LogP contribution in [0.5, 0.6) is 0 Å². The predicted molar refractivity (Wildman–Crippen MR) is 63.5 cm³/mol. The van der Waals surface area contributed by atoms with Crippen molar-refractivity contribution in [2.24, 2.45) is 0 Å². The minimum absolute atomic E-state index is 0.0176. The van der Waals surface area contributed by atoms with Crippen LogP contribution in [-0.4, -0.2) is 50.2 Å². The Morgan fingerprint density at radius 2 is 2.18 bits per heavy atom. The zero-order valence-electron chi connectivity index (χ0n) is 10.4. The number of carbonyl (C=O) groups excluding carboxylic acids is 2. The fourth-order valence-electron chi connectivity index (χ4n) is 1.63. The number of hydrogen-bond acceptors (Lipinski definition) is 4. The first-order valence-electron chi connectivity index (χ1n) is 6.04. The van der Waals surface area contributed by atoms with Gasteiger partial charge < -0.3 is 20.7 Å². The van der Waals surface area contributed by atoms with Crippen LogP contribution >= 0.6 is 0 Å². The highest BCUT2D eigenvalue weighted by atomic mass is 16.5. The lowest BCUT2D eigenvalue weighted by molar-refractivity contribution is -0.131. The van der Waals surface area contributed by atoms with Gasteiger partial charge in [-0.2, -0.15) is 0 Å². The average Bonchev–Trinajstić information content (AvgIpc) is 2.34. The van der Waals surface area contributed by atoms with Crippen LogP contribution in [0.1, 0.15) is 20.3 Å². The maximum absolute atomic E-state index is 11.8. The summed E-state index contributed by atoms with van der Waals surface area (Å²) in [6, 6.07) is -0.372. The second kappa shape index (κ2) is 7.24. The van der Waals surface area contributed by atoms with Crippen molar-refractivity contribution in [3.8, 4) is 0 Å². The van der Waals surface area contributed by atoms with Gasteiger partial charge in [-0.15, -0.1) is 0 Å². The highest BCUT2D eigenvalue weighted by molar-refractivity contribution is 5.87. The molecule has 1 aliphatic rings. The van der Waals surface area contributed by atoms with Gasteiger partial charge in [0.1, 0.15) is 6.04 Å². The van der Waals surface area contributed by atoms with Crippen molar-refractivity contribution in [3.05, 3.63) is 0 Å². The molecule has 1 fully saturated rings. The normalized spacial score (nSPS) is 24.1. The Morgan fingerprint density at radius 3 is 2.82 bits per heavy atom. The van der Waals surface area contributed by atoms with E-state index in [0.29, 0.717) is 19.7 Å². The molecule has 0 saturated carbocycles. The smallest absolute Gasteiger partial charge is 0.240 e. The predicted octanol–water partition coefficient (Wildman–Crippen LogP) is -0.994. The third kappa shape index (κ3) is 4.70. The molecule has 0 aromatic heterocycles. The van der Waals surface area contributed by atoms with Crippen molar-refractivity contribution in [2.75, 3.05) is 26.2 Å². The molecule has 0 unspecified atom stereocenters. The van der Waals surface area contributed by atoms with Gasteiger partial charge in [0.25, 0.3) is 0 Å². The summed E-state index contributed by atoms with van der Waals surface area (Å²) < 4.78 is 5.36. The number of ether oxygens (including phenoxy) is 1. The second-order valence-corrected chi connectivity index (χ2v) is 4.08. The monoisotopic (exact) mass is 243 g/mol. The molecule has 6 heteroatoms. The average molecular weight is 243 g/mol. The Bertz CT molecular complexity index is 271. The number of morpholine rings is 1. The fourth-order valence-corrected chi connectivity index (χ4v) is 1.63. The molecule has 1 rings (SSSR count). The summed E-state index contributed by atoms with van der Waals surface area (Å²) >= 11 is 0. The van der Waals surface area contributed by atoms with E-state index in [4.69, 9.17) is 4.74 Å². The van der Waals surface area contributed by atoms with Gasteiger partial charge in [-0.3, -0.25) is 9.59 Å². The molecule has 1 saturated heterocycles. The maximum atomic E-state index is 11.8. The molecular formula is C11H21N3O3. The van der Waals surface area contributed by atoms with Crippen molar-refractivity contribution in [2.45, 2.75) is 32.4 Å². The molecule has 3 N–H and O–H groups in total. The molecule has 1 aliphatic heterocycles. The number of nitrogens with one attached hydrogen (secondary N) is 3. The van der Waals surface area contributed by atoms with E-state index in [1.54, 1.807) is 0 Å². The van der Waals surface area contributed by atoms with Crippen LogP contribution in [0.3, 0.4) is 0 Å². The number of amides is 2. The molecule has 0 aromatic carbocycles. The quantitative estimate of drug-likeness (QED) is 0.579. The number of rotatable bonds is 5. The molecule has 2 atom stereocenters. The summed E-state index contributed by atoms with van der Waals surface area (Å²) in [5.41, 5.74) is 0. The van der Waals surface area contributed by atoms with Crippen molar-refractivity contribution in [3.63, 3.8) is 0 Å². The van der Waals surface area contributed by atoms with Gasteiger partial charge in [0, 0.05) is 13.1 Å². The Morgan fingerprint density at radius 1 is 1.41 bits per heavy atom. The van der Waals surface area contributed by atoms with E-state index in [0.717, 1.165) is 6.42 Å². The van der Waals surface area contributed by atoms with Gasteiger partial charge in [-0.25, -0.2) is 0 Å². The van der Waals surface area contributed by atoms with Gasteiger partial charge in [0.2, 0.25) is 11.8 Å². The lowest BCUT2D eigenvalue weighted by Gasteiger charge is -2.29. The first-order valence-corrected chi connectivity index (χ1v) is 6.04. The van der Waals surface area contributed by atoms with Gasteiger partial charge in [0.05, 0.1) is 19.3 Å². The molecule has 2 amide bonds. The lowest BCUT2D eigenvalue weighted by Crippen LogP contribution is -2.56. The highest BCUT2D eigenvalue weighted by Gasteiger charge is 2.28. The Hall–Kier alpha value is -1.14. The standard InChI is InChI=1S/C11H21N3O3/c1-3-4-12-9(15)7-14-11(16)10-8(2)17-6-5-13-10/h8,10,13H,3-7H2,1-2H3,(H,12,15)(H,14,16)/t8-,10+/m1/s1. The zero-order valence-corrected chi connectivity index (χ0v) is 10.4. The van der Waals surface area contributed by atoms with E-state index in [1.165, 1.54) is 0 Å². The molecule has 0 aliphatic carbocycles. The van der Waals surface area contributed by atoms with Crippen LogP contribution < -0.4 is 16.0 Å². The number of carbonyl (C=O) groups is 2. The van der Waals surface area contributed by atoms with Crippen molar-refractivity contribution in [1.29, 1.82) is 0 Å². The van der Waals surface area contributed by atoms with Crippen LogP contribution in [0.15, 0.2) is 0 Å². The molecule has 6 nitrogen and oxygen atoms in total. The summed E-state index contributed by atoms with van der Waals surface area (Å²) in [4.78, 5) is 23.0. The summed E-state index contributed by atoms with van der Waals surface area (Å²) in [6.45, 7) is 5.74. The molecule has 17 heavy (non-hydrogen) atoms. The highest BCUT2D eigenvalue weighted by Crippen LogP contribution is 2.03. The molecule has 0 spiro atoms. The number of hydrogen-bond donors (Lipinski definition) is 3. The lowest BCUT2D eigenvalue weighted by atomic mass is 10.1. The first kappa shape index (κ1) is 13.9. The summed E-state index contributed by atoms with van der Waals surface area (Å²) in [5.74, 6) is -0.353.